The van der Waals surface area contributed by atoms with Crippen LogP contribution in [0.2, 0.25) is 0 Å². The highest BCUT2D eigenvalue weighted by Crippen LogP contribution is 2.12. The van der Waals surface area contributed by atoms with E-state index in [4.69, 9.17) is 0 Å². The van der Waals surface area contributed by atoms with Gasteiger partial charge in [-0.1, -0.05) is 49.4 Å². The van der Waals surface area contributed by atoms with E-state index >= 15 is 0 Å². The van der Waals surface area contributed by atoms with Gasteiger partial charge in [-0.05, 0) is 41.7 Å². The normalized spacial score (nSPS) is 11.8. The number of amides is 1. The average molecular weight is 345 g/mol. The van der Waals surface area contributed by atoms with Gasteiger partial charge in [0.25, 0.3) is 5.91 Å². The molecule has 26 heavy (non-hydrogen) atoms. The Hall–Kier alpha value is -2.94. The minimum atomic E-state index is -0.272. The second-order valence-corrected chi connectivity index (χ2v) is 6.53. The number of benzene rings is 2. The third-order valence-corrected chi connectivity index (χ3v) is 4.63. The molecule has 3 nitrogen and oxygen atoms in total. The van der Waals surface area contributed by atoms with Gasteiger partial charge in [0.1, 0.15) is 0 Å². The van der Waals surface area contributed by atoms with E-state index in [2.05, 4.69) is 48.6 Å². The Kier molecular flexibility index (Phi) is 5.80. The number of hydrogen-bond donors (Lipinski definition) is 1. The molecule has 3 rings (SSSR count). The number of aromatic nitrogens is 1. The summed E-state index contributed by atoms with van der Waals surface area (Å²) in [6, 6.07) is 22.3. The molecular weight excluding hydrogens is 320 g/mol. The van der Waals surface area contributed by atoms with E-state index in [0.717, 1.165) is 18.5 Å². The number of hydrogen-bond acceptors (Lipinski definition) is 1. The van der Waals surface area contributed by atoms with Crippen molar-refractivity contribution in [3.63, 3.8) is 0 Å². The lowest BCUT2D eigenvalue weighted by atomic mass is 10.1. The summed E-state index contributed by atoms with van der Waals surface area (Å²) in [5.74, 6) is -0.0185. The Morgan fingerprint density at radius 1 is 0.885 bits per heavy atom. The molecule has 0 unspecified atom stereocenters. The minimum Gasteiger partial charge on any atom is -0.320 e. The third kappa shape index (κ3) is 4.57. The van der Waals surface area contributed by atoms with Crippen molar-refractivity contribution in [2.75, 3.05) is 5.32 Å². The van der Waals surface area contributed by atoms with Crippen LogP contribution in [0.1, 0.15) is 36.6 Å². The summed E-state index contributed by atoms with van der Waals surface area (Å²) in [4.78, 5) is 12.5. The molecule has 3 heteroatoms. The van der Waals surface area contributed by atoms with E-state index in [-0.39, 0.29) is 11.9 Å². The molecule has 1 atom stereocenters. The van der Waals surface area contributed by atoms with Gasteiger partial charge in [0.2, 0.25) is 6.04 Å². The fourth-order valence-corrected chi connectivity index (χ4v) is 2.88. The zero-order valence-corrected chi connectivity index (χ0v) is 15.4. The summed E-state index contributed by atoms with van der Waals surface area (Å²) >= 11 is 0. The van der Waals surface area contributed by atoms with E-state index in [9.17, 15) is 4.79 Å². The minimum absolute atomic E-state index is 0.0185. The van der Waals surface area contributed by atoms with Crippen LogP contribution >= 0.6 is 0 Å². The van der Waals surface area contributed by atoms with E-state index in [1.54, 1.807) is 0 Å². The summed E-state index contributed by atoms with van der Waals surface area (Å²) in [6.07, 6.45) is 5.84. The second kappa shape index (κ2) is 8.43. The highest BCUT2D eigenvalue weighted by Gasteiger charge is 2.21. The molecule has 0 fully saturated rings. The molecule has 132 valence electrons. The average Bonchev–Trinajstić information content (AvgIpc) is 2.69. The zero-order valence-electron chi connectivity index (χ0n) is 15.4. The molecule has 0 radical (unpaired) electrons. The Morgan fingerprint density at radius 3 is 2.12 bits per heavy atom. The predicted octanol–water partition coefficient (Wildman–Crippen LogP) is 4.33. The van der Waals surface area contributed by atoms with Crippen LogP contribution in [0, 0.1) is 0 Å². The van der Waals surface area contributed by atoms with Crippen molar-refractivity contribution in [1.29, 1.82) is 0 Å². The molecule has 1 aromatic heterocycles. The van der Waals surface area contributed by atoms with Crippen molar-refractivity contribution in [2.45, 2.75) is 32.7 Å². The number of anilines is 1. The zero-order chi connectivity index (χ0) is 18.4. The smallest absolute Gasteiger partial charge is 0.293 e. The third-order valence-electron chi connectivity index (χ3n) is 4.63. The largest absolute Gasteiger partial charge is 0.320 e. The van der Waals surface area contributed by atoms with Crippen LogP contribution in [0.25, 0.3) is 0 Å². The van der Waals surface area contributed by atoms with E-state index < -0.39 is 0 Å². The molecule has 0 spiro atoms. The maximum atomic E-state index is 12.5. The van der Waals surface area contributed by atoms with Gasteiger partial charge >= 0.3 is 0 Å². The number of aryl methyl sites for hydroxylation is 1. The number of carbonyl (C=O) groups excluding carboxylic acids is 1. The van der Waals surface area contributed by atoms with Gasteiger partial charge < -0.3 is 5.32 Å². The van der Waals surface area contributed by atoms with Gasteiger partial charge in [0, 0.05) is 24.7 Å². The van der Waals surface area contributed by atoms with Crippen LogP contribution in [0.15, 0.2) is 79.1 Å². The summed E-state index contributed by atoms with van der Waals surface area (Å²) in [5, 5.41) is 2.99. The van der Waals surface area contributed by atoms with E-state index in [1.807, 2.05) is 54.2 Å². The van der Waals surface area contributed by atoms with Gasteiger partial charge in [0.15, 0.2) is 12.4 Å². The predicted molar refractivity (Wildman–Crippen MR) is 105 cm³/mol. The van der Waals surface area contributed by atoms with Gasteiger partial charge in [-0.3, -0.25) is 4.79 Å². The second-order valence-electron chi connectivity index (χ2n) is 6.53. The molecular formula is C23H25N2O+. The number of nitrogens with zero attached hydrogens (tertiary/aromatic N) is 1. The van der Waals surface area contributed by atoms with E-state index in [0.29, 0.717) is 0 Å². The fourth-order valence-electron chi connectivity index (χ4n) is 2.88. The standard InChI is InChI=1S/C23H24N2O/c1-3-19-9-11-22(12-10-19)24-23(26)18(2)25-15-13-21(14-16-25)17-20-7-5-4-6-8-20/h4-16,18H,3,17H2,1-2H3/p+1/t18-/m0/s1. The Bertz CT molecular complexity index is 840. The molecule has 1 heterocycles. The molecule has 0 bridgehead atoms. The SMILES string of the molecule is CCc1ccc(NC(=O)[C@H](C)[n+]2ccc(Cc3ccccc3)cc2)cc1. The van der Waals surface area contributed by atoms with Crippen molar-refractivity contribution in [3.05, 3.63) is 95.8 Å². The first-order chi connectivity index (χ1) is 12.7. The summed E-state index contributed by atoms with van der Waals surface area (Å²) < 4.78 is 1.93. The van der Waals surface area contributed by atoms with Gasteiger partial charge in [-0.25, -0.2) is 0 Å². The number of carbonyl (C=O) groups is 1. The lowest BCUT2D eigenvalue weighted by Crippen LogP contribution is -2.44. The van der Waals surface area contributed by atoms with Crippen molar-refractivity contribution >= 4 is 11.6 Å². The number of rotatable bonds is 6. The van der Waals surface area contributed by atoms with Crippen LogP contribution in [-0.4, -0.2) is 5.91 Å². The lowest BCUT2D eigenvalue weighted by Gasteiger charge is -2.10. The first-order valence-electron chi connectivity index (χ1n) is 9.09. The molecule has 0 saturated heterocycles. The highest BCUT2D eigenvalue weighted by molar-refractivity contribution is 5.92. The molecule has 0 aliphatic heterocycles. The van der Waals surface area contributed by atoms with Crippen molar-refractivity contribution in [3.8, 4) is 0 Å². The van der Waals surface area contributed by atoms with Crippen LogP contribution < -0.4 is 9.88 Å². The van der Waals surface area contributed by atoms with Crippen LogP contribution in [0.5, 0.6) is 0 Å². The van der Waals surface area contributed by atoms with E-state index in [1.165, 1.54) is 16.7 Å². The Labute approximate surface area is 155 Å². The van der Waals surface area contributed by atoms with Crippen molar-refractivity contribution in [1.82, 2.24) is 0 Å². The van der Waals surface area contributed by atoms with Gasteiger partial charge in [0.05, 0.1) is 0 Å². The Balaban J connectivity index is 1.63. The van der Waals surface area contributed by atoms with Crippen LogP contribution in [0.3, 0.4) is 0 Å². The van der Waals surface area contributed by atoms with Crippen LogP contribution in [-0.2, 0) is 17.6 Å². The number of nitrogens with one attached hydrogen (secondary N) is 1. The fraction of sp³-hybridized carbons (Fsp3) is 0.217. The molecule has 0 aliphatic carbocycles. The first kappa shape index (κ1) is 17.9. The molecule has 3 aromatic rings. The van der Waals surface area contributed by atoms with Crippen molar-refractivity contribution in [2.24, 2.45) is 0 Å². The molecule has 2 aromatic carbocycles. The topological polar surface area (TPSA) is 33.0 Å². The maximum absolute atomic E-state index is 12.5. The summed E-state index contributed by atoms with van der Waals surface area (Å²) in [7, 11) is 0. The Morgan fingerprint density at radius 2 is 1.50 bits per heavy atom. The molecule has 0 saturated carbocycles. The molecule has 1 N–H and O–H groups in total. The summed E-state index contributed by atoms with van der Waals surface area (Å²) in [6.45, 7) is 4.03. The van der Waals surface area contributed by atoms with Crippen LogP contribution in [0.4, 0.5) is 5.69 Å². The monoisotopic (exact) mass is 345 g/mol. The van der Waals surface area contributed by atoms with Gasteiger partial charge in [-0.15, -0.1) is 0 Å². The quantitative estimate of drug-likeness (QED) is 0.663. The van der Waals surface area contributed by atoms with Gasteiger partial charge in [-0.2, -0.15) is 4.57 Å². The molecule has 0 aliphatic rings. The number of pyridine rings is 1. The lowest BCUT2D eigenvalue weighted by molar-refractivity contribution is -0.705. The first-order valence-corrected chi connectivity index (χ1v) is 9.09. The van der Waals surface area contributed by atoms with Crippen molar-refractivity contribution < 1.29 is 9.36 Å². The molecule has 1 amide bonds. The maximum Gasteiger partial charge on any atom is 0.293 e. The summed E-state index contributed by atoms with van der Waals surface area (Å²) in [5.41, 5.74) is 4.61. The highest BCUT2D eigenvalue weighted by atomic mass is 16.2.